The average molecular weight is 303 g/mol. The molecule has 1 atom stereocenters. The zero-order valence-corrected chi connectivity index (χ0v) is 13.4. The summed E-state index contributed by atoms with van der Waals surface area (Å²) in [5, 5.41) is 7.84. The highest BCUT2D eigenvalue weighted by Gasteiger charge is 2.25. The van der Waals surface area contributed by atoms with Crippen LogP contribution in [0.1, 0.15) is 48.0 Å². The first kappa shape index (κ1) is 14.5. The van der Waals surface area contributed by atoms with Crippen LogP contribution in [0.2, 0.25) is 0 Å². The van der Waals surface area contributed by atoms with Crippen LogP contribution in [0.25, 0.3) is 0 Å². The Morgan fingerprint density at radius 2 is 2.29 bits per heavy atom. The van der Waals surface area contributed by atoms with Gasteiger partial charge in [0.2, 0.25) is 0 Å². The van der Waals surface area contributed by atoms with Crippen molar-refractivity contribution in [3.63, 3.8) is 0 Å². The lowest BCUT2D eigenvalue weighted by molar-refractivity contribution is 0.283. The van der Waals surface area contributed by atoms with Crippen molar-refractivity contribution in [2.45, 2.75) is 39.2 Å². The average Bonchev–Trinajstić information content (AvgIpc) is 3.00. The minimum atomic E-state index is 0.123. The Morgan fingerprint density at radius 3 is 3.10 bits per heavy atom. The van der Waals surface area contributed by atoms with Gasteiger partial charge in [0.05, 0.1) is 23.2 Å². The standard InChI is InChI=1S/C16H21N3OS/c1-3-13-16(21-19-18-13)14(17-4-2)12-9-5-7-11-8-6-10-20-15(11)12/h5,7,9,14,17H,3-4,6,8,10H2,1-2H3. The van der Waals surface area contributed by atoms with Gasteiger partial charge in [-0.05, 0) is 42.9 Å². The first-order chi connectivity index (χ1) is 10.3. The molecule has 5 heteroatoms. The van der Waals surface area contributed by atoms with Crippen molar-refractivity contribution >= 4 is 11.5 Å². The van der Waals surface area contributed by atoms with Crippen molar-refractivity contribution in [1.29, 1.82) is 0 Å². The first-order valence-electron chi connectivity index (χ1n) is 7.64. The Kier molecular flexibility index (Phi) is 4.51. The Labute approximate surface area is 129 Å². The summed E-state index contributed by atoms with van der Waals surface area (Å²) in [7, 11) is 0. The number of benzene rings is 1. The second-order valence-electron chi connectivity index (χ2n) is 5.22. The van der Waals surface area contributed by atoms with Crippen molar-refractivity contribution in [1.82, 2.24) is 14.9 Å². The van der Waals surface area contributed by atoms with E-state index in [2.05, 4.69) is 47.0 Å². The maximum atomic E-state index is 5.98. The molecule has 0 spiro atoms. The summed E-state index contributed by atoms with van der Waals surface area (Å²) in [5.74, 6) is 1.06. The van der Waals surface area contributed by atoms with Crippen LogP contribution in [0.5, 0.6) is 5.75 Å². The van der Waals surface area contributed by atoms with Gasteiger partial charge in [0.25, 0.3) is 0 Å². The van der Waals surface area contributed by atoms with Crippen LogP contribution < -0.4 is 10.1 Å². The van der Waals surface area contributed by atoms with E-state index in [9.17, 15) is 0 Å². The Morgan fingerprint density at radius 1 is 1.38 bits per heavy atom. The molecule has 0 radical (unpaired) electrons. The van der Waals surface area contributed by atoms with E-state index in [1.165, 1.54) is 27.5 Å². The third-order valence-electron chi connectivity index (χ3n) is 3.87. The smallest absolute Gasteiger partial charge is 0.127 e. The molecule has 1 aromatic carbocycles. The Hall–Kier alpha value is -1.46. The molecule has 1 N–H and O–H groups in total. The molecule has 2 heterocycles. The summed E-state index contributed by atoms with van der Waals surface area (Å²) in [5.41, 5.74) is 3.62. The van der Waals surface area contributed by atoms with Crippen LogP contribution >= 0.6 is 11.5 Å². The number of nitrogens with one attached hydrogen (secondary N) is 1. The zero-order chi connectivity index (χ0) is 14.7. The van der Waals surface area contributed by atoms with Gasteiger partial charge >= 0.3 is 0 Å². The summed E-state index contributed by atoms with van der Waals surface area (Å²) in [6, 6.07) is 6.59. The normalized spacial score (nSPS) is 15.3. The fourth-order valence-corrected chi connectivity index (χ4v) is 3.70. The molecule has 1 aliphatic heterocycles. The fourth-order valence-electron chi connectivity index (χ4n) is 2.87. The molecule has 1 unspecified atom stereocenters. The minimum Gasteiger partial charge on any atom is -0.493 e. The second kappa shape index (κ2) is 6.54. The number of fused-ring (bicyclic) bond motifs is 1. The van der Waals surface area contributed by atoms with Crippen LogP contribution in [0.3, 0.4) is 0 Å². The number of hydrogen-bond acceptors (Lipinski definition) is 5. The van der Waals surface area contributed by atoms with Crippen molar-refractivity contribution in [2.24, 2.45) is 0 Å². The topological polar surface area (TPSA) is 47.0 Å². The molecule has 0 bridgehead atoms. The number of aromatic nitrogens is 2. The highest BCUT2D eigenvalue weighted by atomic mass is 32.1. The molecular weight excluding hydrogens is 282 g/mol. The summed E-state index contributed by atoms with van der Waals surface area (Å²) >= 11 is 1.49. The summed E-state index contributed by atoms with van der Waals surface area (Å²) < 4.78 is 10.1. The SMILES string of the molecule is CCNC(c1cccc2c1OCCC2)c1snnc1CC. The lowest BCUT2D eigenvalue weighted by Gasteiger charge is -2.25. The molecular formula is C16H21N3OS. The second-order valence-corrected chi connectivity index (χ2v) is 6.00. The molecule has 112 valence electrons. The van der Waals surface area contributed by atoms with Gasteiger partial charge in [0.1, 0.15) is 5.75 Å². The maximum Gasteiger partial charge on any atom is 0.127 e. The van der Waals surface area contributed by atoms with Crippen molar-refractivity contribution in [3.05, 3.63) is 39.9 Å². The maximum absolute atomic E-state index is 5.98. The molecule has 0 saturated carbocycles. The molecule has 1 aliphatic rings. The minimum absolute atomic E-state index is 0.123. The van der Waals surface area contributed by atoms with Gasteiger partial charge in [-0.2, -0.15) is 0 Å². The molecule has 4 nitrogen and oxygen atoms in total. The van der Waals surface area contributed by atoms with Crippen molar-refractivity contribution in [3.8, 4) is 5.75 Å². The number of aryl methyl sites for hydroxylation is 2. The Bertz CT molecular complexity index is 611. The van der Waals surface area contributed by atoms with Crippen molar-refractivity contribution in [2.75, 3.05) is 13.2 Å². The van der Waals surface area contributed by atoms with Crippen LogP contribution in [0.4, 0.5) is 0 Å². The monoisotopic (exact) mass is 303 g/mol. The van der Waals surface area contributed by atoms with Gasteiger partial charge in [0.15, 0.2) is 0 Å². The third-order valence-corrected chi connectivity index (χ3v) is 4.70. The van der Waals surface area contributed by atoms with Gasteiger partial charge in [-0.3, -0.25) is 0 Å². The quantitative estimate of drug-likeness (QED) is 0.922. The summed E-state index contributed by atoms with van der Waals surface area (Å²) in [4.78, 5) is 1.21. The summed E-state index contributed by atoms with van der Waals surface area (Å²) in [6.07, 6.45) is 3.11. The van der Waals surface area contributed by atoms with E-state index in [0.29, 0.717) is 0 Å². The lowest BCUT2D eigenvalue weighted by Crippen LogP contribution is -2.24. The van der Waals surface area contributed by atoms with E-state index >= 15 is 0 Å². The lowest BCUT2D eigenvalue weighted by atomic mass is 9.96. The van der Waals surface area contributed by atoms with Gasteiger partial charge in [-0.15, -0.1) is 5.10 Å². The van der Waals surface area contributed by atoms with E-state index in [1.54, 1.807) is 0 Å². The molecule has 3 rings (SSSR count). The molecule has 1 aromatic heterocycles. The van der Waals surface area contributed by atoms with E-state index in [1.807, 2.05) is 0 Å². The van der Waals surface area contributed by atoms with Crippen molar-refractivity contribution < 1.29 is 4.74 Å². The number of para-hydroxylation sites is 1. The van der Waals surface area contributed by atoms with Crippen LogP contribution in [0.15, 0.2) is 18.2 Å². The van der Waals surface area contributed by atoms with E-state index in [-0.39, 0.29) is 6.04 Å². The Balaban J connectivity index is 2.06. The van der Waals surface area contributed by atoms with Crippen LogP contribution in [0, 0.1) is 0 Å². The number of ether oxygens (including phenoxy) is 1. The number of rotatable bonds is 5. The molecule has 0 amide bonds. The fraction of sp³-hybridized carbons (Fsp3) is 0.500. The van der Waals surface area contributed by atoms with Gasteiger partial charge < -0.3 is 10.1 Å². The van der Waals surface area contributed by atoms with Gasteiger partial charge in [0, 0.05) is 5.56 Å². The number of hydrogen-bond donors (Lipinski definition) is 1. The highest BCUT2D eigenvalue weighted by Crippen LogP contribution is 2.37. The largest absolute Gasteiger partial charge is 0.493 e. The summed E-state index contributed by atoms with van der Waals surface area (Å²) in [6.45, 7) is 5.96. The molecule has 0 fully saturated rings. The van der Waals surface area contributed by atoms with Crippen LogP contribution in [-0.2, 0) is 12.8 Å². The molecule has 0 saturated heterocycles. The van der Waals surface area contributed by atoms with E-state index < -0.39 is 0 Å². The predicted octanol–water partition coefficient (Wildman–Crippen LogP) is 3.12. The molecule has 2 aromatic rings. The zero-order valence-electron chi connectivity index (χ0n) is 12.6. The first-order valence-corrected chi connectivity index (χ1v) is 8.41. The van der Waals surface area contributed by atoms with E-state index in [4.69, 9.17) is 4.74 Å². The number of nitrogens with zero attached hydrogens (tertiary/aromatic N) is 2. The highest BCUT2D eigenvalue weighted by molar-refractivity contribution is 7.05. The third kappa shape index (κ3) is 2.80. The van der Waals surface area contributed by atoms with Gasteiger partial charge in [-0.1, -0.05) is 36.5 Å². The van der Waals surface area contributed by atoms with Gasteiger partial charge in [-0.25, -0.2) is 0 Å². The molecule has 0 aliphatic carbocycles. The van der Waals surface area contributed by atoms with E-state index in [0.717, 1.165) is 43.9 Å². The predicted molar refractivity (Wildman–Crippen MR) is 85.1 cm³/mol. The molecule has 21 heavy (non-hydrogen) atoms. The van der Waals surface area contributed by atoms with Crippen LogP contribution in [-0.4, -0.2) is 22.7 Å².